The van der Waals surface area contributed by atoms with Crippen molar-refractivity contribution in [3.63, 3.8) is 0 Å². The van der Waals surface area contributed by atoms with Crippen LogP contribution < -0.4 is 15.5 Å². The Balaban J connectivity index is 0.00000176. The molecule has 0 saturated carbocycles. The van der Waals surface area contributed by atoms with Gasteiger partial charge in [-0.2, -0.15) is 0 Å². The number of anilines is 2. The summed E-state index contributed by atoms with van der Waals surface area (Å²) in [5.41, 5.74) is 1.48. The van der Waals surface area contributed by atoms with Crippen molar-refractivity contribution in [3.8, 4) is 0 Å². The molecule has 1 aliphatic rings. The number of H-pyrrole nitrogens is 1. The first-order valence-electron chi connectivity index (χ1n) is 6.79. The first-order valence-corrected chi connectivity index (χ1v) is 7.17. The highest BCUT2D eigenvalue weighted by Gasteiger charge is 2.12. The minimum atomic E-state index is -0.260. The first kappa shape index (κ1) is 16.6. The van der Waals surface area contributed by atoms with Crippen molar-refractivity contribution in [1.29, 1.82) is 0 Å². The zero-order chi connectivity index (χ0) is 14.7. The molecular formula is C14H17Cl2N5O. The van der Waals surface area contributed by atoms with Crippen LogP contribution in [0, 0.1) is 0 Å². The molecule has 0 bridgehead atoms. The lowest BCUT2D eigenvalue weighted by Crippen LogP contribution is -2.43. The van der Waals surface area contributed by atoms with E-state index in [0.29, 0.717) is 16.5 Å². The van der Waals surface area contributed by atoms with Gasteiger partial charge < -0.3 is 20.5 Å². The Labute approximate surface area is 139 Å². The van der Waals surface area contributed by atoms with Crippen LogP contribution in [0.4, 0.5) is 11.5 Å². The van der Waals surface area contributed by atoms with E-state index >= 15 is 0 Å². The molecule has 118 valence electrons. The minimum absolute atomic E-state index is 0. The van der Waals surface area contributed by atoms with Gasteiger partial charge >= 0.3 is 0 Å². The number of aromatic nitrogens is 2. The van der Waals surface area contributed by atoms with E-state index in [-0.39, 0.29) is 18.3 Å². The van der Waals surface area contributed by atoms with E-state index in [0.717, 1.165) is 31.9 Å². The Morgan fingerprint density at radius 2 is 2.09 bits per heavy atom. The third-order valence-electron chi connectivity index (χ3n) is 3.36. The van der Waals surface area contributed by atoms with Crippen LogP contribution in [0.2, 0.25) is 5.02 Å². The topological polar surface area (TPSA) is 73.1 Å². The molecule has 1 fully saturated rings. The highest BCUT2D eigenvalue weighted by molar-refractivity contribution is 6.31. The lowest BCUT2D eigenvalue weighted by Gasteiger charge is -2.29. The lowest BCUT2D eigenvalue weighted by atomic mass is 10.3. The molecular weight excluding hydrogens is 325 g/mol. The Bertz CT molecular complexity index is 622. The number of carbonyl (C=O) groups excluding carboxylic acids is 1. The standard InChI is InChI=1S/C14H16ClN5O.ClH/c15-10-7-12(17-8-10)14(21)19-13-2-1-11(9-18-13)20-5-3-16-4-6-20;/h1-2,7-9,16-17H,3-6H2,(H,18,19,21);1H. The van der Waals surface area contributed by atoms with Crippen LogP contribution in [0.15, 0.2) is 30.6 Å². The molecule has 3 rings (SSSR count). The van der Waals surface area contributed by atoms with Crippen molar-refractivity contribution in [3.05, 3.63) is 41.3 Å². The second-order valence-electron chi connectivity index (χ2n) is 4.82. The molecule has 2 aromatic rings. The lowest BCUT2D eigenvalue weighted by molar-refractivity contribution is 0.102. The fourth-order valence-electron chi connectivity index (χ4n) is 2.25. The second kappa shape index (κ2) is 7.49. The van der Waals surface area contributed by atoms with E-state index in [1.807, 2.05) is 6.07 Å². The summed E-state index contributed by atoms with van der Waals surface area (Å²) in [5, 5.41) is 6.54. The number of nitrogens with zero attached hydrogens (tertiary/aromatic N) is 2. The number of amides is 1. The highest BCUT2D eigenvalue weighted by atomic mass is 35.5. The van der Waals surface area contributed by atoms with Crippen LogP contribution in [0.3, 0.4) is 0 Å². The van der Waals surface area contributed by atoms with Crippen LogP contribution in [-0.4, -0.2) is 42.1 Å². The van der Waals surface area contributed by atoms with Gasteiger partial charge in [-0.1, -0.05) is 11.6 Å². The van der Waals surface area contributed by atoms with Crippen LogP contribution >= 0.6 is 24.0 Å². The summed E-state index contributed by atoms with van der Waals surface area (Å²) in [6.07, 6.45) is 3.35. The predicted octanol–water partition coefficient (Wildman–Crippen LogP) is 2.15. The molecule has 0 atom stereocenters. The predicted molar refractivity (Wildman–Crippen MR) is 90.3 cm³/mol. The third kappa shape index (κ3) is 3.91. The van der Waals surface area contributed by atoms with Gasteiger partial charge in [0.25, 0.3) is 5.91 Å². The van der Waals surface area contributed by atoms with Gasteiger partial charge in [-0.25, -0.2) is 4.98 Å². The van der Waals surface area contributed by atoms with E-state index in [2.05, 4.69) is 25.5 Å². The van der Waals surface area contributed by atoms with Gasteiger partial charge in [0.15, 0.2) is 0 Å². The number of nitrogens with one attached hydrogen (secondary N) is 3. The number of pyridine rings is 1. The van der Waals surface area contributed by atoms with E-state index in [1.54, 1.807) is 24.5 Å². The molecule has 6 nitrogen and oxygen atoms in total. The first-order chi connectivity index (χ1) is 10.2. The Morgan fingerprint density at radius 3 is 2.68 bits per heavy atom. The van der Waals surface area contributed by atoms with E-state index in [1.165, 1.54) is 0 Å². The molecule has 3 N–H and O–H groups in total. The summed E-state index contributed by atoms with van der Waals surface area (Å²) < 4.78 is 0. The molecule has 3 heterocycles. The van der Waals surface area contributed by atoms with Crippen LogP contribution in [0.1, 0.15) is 10.5 Å². The van der Waals surface area contributed by atoms with Gasteiger partial charge in [-0.15, -0.1) is 12.4 Å². The summed E-state index contributed by atoms with van der Waals surface area (Å²) in [6.45, 7) is 3.89. The maximum atomic E-state index is 12.0. The van der Waals surface area contributed by atoms with Gasteiger partial charge in [-0.05, 0) is 18.2 Å². The van der Waals surface area contributed by atoms with Crippen LogP contribution in [0.5, 0.6) is 0 Å². The summed E-state index contributed by atoms with van der Waals surface area (Å²) in [7, 11) is 0. The molecule has 1 aliphatic heterocycles. The molecule has 0 aliphatic carbocycles. The Kier molecular flexibility index (Phi) is 5.65. The zero-order valence-electron chi connectivity index (χ0n) is 11.8. The van der Waals surface area contributed by atoms with Crippen molar-refractivity contribution in [1.82, 2.24) is 15.3 Å². The quantitative estimate of drug-likeness (QED) is 0.799. The smallest absolute Gasteiger partial charge is 0.273 e. The normalized spacial score (nSPS) is 14.3. The Morgan fingerprint density at radius 1 is 1.32 bits per heavy atom. The molecule has 0 aromatic carbocycles. The number of piperazine rings is 1. The van der Waals surface area contributed by atoms with Gasteiger partial charge in [0.2, 0.25) is 0 Å². The Hall–Kier alpha value is -1.76. The minimum Gasteiger partial charge on any atom is -0.368 e. The molecule has 0 unspecified atom stereocenters. The van der Waals surface area contributed by atoms with Crippen LogP contribution in [0.25, 0.3) is 0 Å². The van der Waals surface area contributed by atoms with Gasteiger partial charge in [0, 0.05) is 32.4 Å². The number of aromatic amines is 1. The molecule has 8 heteroatoms. The number of halogens is 2. The number of hydrogen-bond acceptors (Lipinski definition) is 4. The van der Waals surface area contributed by atoms with Gasteiger partial charge in [0.05, 0.1) is 16.9 Å². The second-order valence-corrected chi connectivity index (χ2v) is 5.26. The van der Waals surface area contributed by atoms with Crippen LogP contribution in [-0.2, 0) is 0 Å². The largest absolute Gasteiger partial charge is 0.368 e. The fraction of sp³-hybridized carbons (Fsp3) is 0.286. The van der Waals surface area contributed by atoms with Crippen molar-refractivity contribution in [2.75, 3.05) is 36.4 Å². The summed E-state index contributed by atoms with van der Waals surface area (Å²) >= 11 is 5.78. The number of rotatable bonds is 3. The number of hydrogen-bond donors (Lipinski definition) is 3. The molecule has 22 heavy (non-hydrogen) atoms. The maximum absolute atomic E-state index is 12.0. The van der Waals surface area contributed by atoms with E-state index in [4.69, 9.17) is 11.6 Å². The van der Waals surface area contributed by atoms with Gasteiger partial charge in [0.1, 0.15) is 11.5 Å². The average molecular weight is 342 g/mol. The third-order valence-corrected chi connectivity index (χ3v) is 3.58. The van der Waals surface area contributed by atoms with Crippen molar-refractivity contribution >= 4 is 41.4 Å². The van der Waals surface area contributed by atoms with Crippen molar-refractivity contribution in [2.24, 2.45) is 0 Å². The van der Waals surface area contributed by atoms with E-state index in [9.17, 15) is 4.79 Å². The monoisotopic (exact) mass is 341 g/mol. The summed E-state index contributed by atoms with van der Waals surface area (Å²) in [6, 6.07) is 5.35. The molecule has 2 aromatic heterocycles. The van der Waals surface area contributed by atoms with Crippen molar-refractivity contribution < 1.29 is 4.79 Å². The fourth-order valence-corrected chi connectivity index (χ4v) is 2.42. The SMILES string of the molecule is Cl.O=C(Nc1ccc(N2CCNCC2)cn1)c1cc(Cl)c[nH]1. The summed E-state index contributed by atoms with van der Waals surface area (Å²) in [4.78, 5) is 21.3. The maximum Gasteiger partial charge on any atom is 0.273 e. The highest BCUT2D eigenvalue weighted by Crippen LogP contribution is 2.16. The average Bonchev–Trinajstić information content (AvgIpc) is 2.96. The van der Waals surface area contributed by atoms with Gasteiger partial charge in [-0.3, -0.25) is 4.79 Å². The summed E-state index contributed by atoms with van der Waals surface area (Å²) in [5.74, 6) is 0.258. The van der Waals surface area contributed by atoms with Crippen molar-refractivity contribution in [2.45, 2.75) is 0 Å². The molecule has 0 radical (unpaired) electrons. The molecule has 1 saturated heterocycles. The van der Waals surface area contributed by atoms with E-state index < -0.39 is 0 Å². The number of carbonyl (C=O) groups is 1. The molecule has 0 spiro atoms. The zero-order valence-corrected chi connectivity index (χ0v) is 13.4. The molecule has 1 amide bonds.